The van der Waals surface area contributed by atoms with Gasteiger partial charge in [0.2, 0.25) is 100 Å². The van der Waals surface area contributed by atoms with Gasteiger partial charge in [0.25, 0.3) is 0 Å². The fourth-order valence-corrected chi connectivity index (χ4v) is 10.1. The summed E-state index contributed by atoms with van der Waals surface area (Å²) in [6, 6.07) is -18.7. The molecule has 0 aromatic heterocycles. The Bertz CT molecular complexity index is 3530. The number of benzene rings is 1. The smallest absolute Gasteiger partial charge is 0.328 e. The van der Waals surface area contributed by atoms with E-state index in [0.717, 1.165) is 13.8 Å². The van der Waals surface area contributed by atoms with Crippen LogP contribution < -0.4 is 97.4 Å². The lowest BCUT2D eigenvalue weighted by Gasteiger charge is -2.30. The highest BCUT2D eigenvalue weighted by Gasteiger charge is 2.40. The summed E-state index contributed by atoms with van der Waals surface area (Å²) < 4.78 is 0. The van der Waals surface area contributed by atoms with E-state index in [9.17, 15) is 137 Å². The number of aliphatic hydroxyl groups is 4. The van der Waals surface area contributed by atoms with Crippen LogP contribution in [0.15, 0.2) is 24.3 Å². The largest absolute Gasteiger partial charge is 0.508 e. The Morgan fingerprint density at radius 2 is 0.741 bits per heavy atom. The van der Waals surface area contributed by atoms with Gasteiger partial charge in [-0.3, -0.25) is 91.1 Å². The maximum absolute atomic E-state index is 14.3. The van der Waals surface area contributed by atoms with E-state index < -0.39 is 292 Å². The standard InChI is InChI=1S/C66H104N18O28/c1-9-28(5)50(62(107)76-36(17-27(3)4)58(103)74-35(15-16-43(68)90)57(102)82-51(29(6)10-2)63(108)77-38(20-45(70)92)59(104)80-42(26-86)66(111)112)81-47(94)24-72-55(100)37(18-32-11-13-33(89)14-12-32)75-60(105)40(22-49(97)98)79-65(110)53(31(8)88)84-61(106)41(25-85)73-46(93)23-71-56(101)39(21-48(95)96)78-64(109)52(30(7)87)83-54(99)34(67)19-44(69)91/h11-14,27-31,34-42,50-53,85-89H,9-10,15-26,67H2,1-8H3,(H2,68,90)(H2,69,91)(H2,70,92)(H,71,101)(H,72,100)(H,73,93)(H,74,103)(H,75,105)(H,76,107)(H,77,108)(H,78,109)(H,79,110)(H,80,104)(H,81,94)(H,82,102)(H,83,99)(H,84,106)(H,95,96)(H,97,98)(H,111,112)/t28-,29-,30+,31+,34-,35-,36-,37-,38-,39-,40-,41-,42-,50-,51-,52-,53-/m0/s1. The predicted octanol–water partition coefficient (Wildman–Crippen LogP) is -11.8. The van der Waals surface area contributed by atoms with Gasteiger partial charge in [0.05, 0.1) is 70.2 Å². The normalized spacial score (nSPS) is 15.6. The van der Waals surface area contributed by atoms with Crippen molar-refractivity contribution in [1.82, 2.24) is 74.4 Å². The minimum absolute atomic E-state index is 0.140. The molecule has 1 aromatic rings. The van der Waals surface area contributed by atoms with Crippen LogP contribution >= 0.6 is 0 Å². The van der Waals surface area contributed by atoms with E-state index in [1.807, 2.05) is 37.2 Å². The van der Waals surface area contributed by atoms with Crippen LogP contribution in [-0.2, 0) is 102 Å². The summed E-state index contributed by atoms with van der Waals surface area (Å²) in [4.78, 5) is 261. The molecule has 0 saturated heterocycles. The van der Waals surface area contributed by atoms with Crippen molar-refractivity contribution in [3.8, 4) is 5.75 Å². The van der Waals surface area contributed by atoms with Gasteiger partial charge in [0.1, 0.15) is 78.3 Å². The first-order valence-electron chi connectivity index (χ1n) is 35.0. The molecule has 0 saturated carbocycles. The summed E-state index contributed by atoms with van der Waals surface area (Å²) in [6.07, 6.45) is -8.93. The zero-order valence-electron chi connectivity index (χ0n) is 62.7. The van der Waals surface area contributed by atoms with Crippen LogP contribution in [0.1, 0.15) is 119 Å². The summed E-state index contributed by atoms with van der Waals surface area (Å²) in [7, 11) is 0. The first-order chi connectivity index (χ1) is 52.2. The van der Waals surface area contributed by atoms with E-state index in [-0.39, 0.29) is 36.5 Å². The number of carboxylic acid groups (broad SMARTS) is 3. The van der Waals surface area contributed by atoms with Crippen LogP contribution in [0, 0.1) is 17.8 Å². The number of nitrogens with two attached hydrogens (primary N) is 4. The number of primary amides is 3. The number of aliphatic carboxylic acids is 3. The SMILES string of the molecule is CC[C@H](C)[C@H](NC(=O)CNC(=O)[C@H](Cc1ccc(O)cc1)NC(=O)[C@H](CC(=O)O)NC(=O)[C@@H](NC(=O)[C@H](CO)NC(=O)CNC(=O)[C@H](CC(=O)O)NC(=O)[C@@H](NC(=O)[C@@H](N)CC(N)=O)[C@@H](C)O)[C@@H](C)O)C(=O)N[C@@H](CC(C)C)C(=O)N[C@@H](CCC(N)=O)C(=O)N[C@H](C(=O)N[C@@H](CC(N)=O)C(=O)N[C@@H](CO)C(=O)O)[C@@H](C)CC. The molecule has 0 heterocycles. The molecule has 17 atom stereocenters. The van der Waals surface area contributed by atoms with Gasteiger partial charge in [0.15, 0.2) is 0 Å². The van der Waals surface area contributed by atoms with Gasteiger partial charge in [-0.2, -0.15) is 0 Å². The molecule has 46 nitrogen and oxygen atoms in total. The third-order valence-electron chi connectivity index (χ3n) is 16.7. The van der Waals surface area contributed by atoms with Crippen molar-refractivity contribution in [2.45, 2.75) is 210 Å². The number of carbonyl (C=O) groups excluding carboxylic acids is 17. The van der Waals surface area contributed by atoms with Crippen molar-refractivity contribution in [3.05, 3.63) is 29.8 Å². The average Bonchev–Trinajstić information content (AvgIpc) is 0.858. The molecule has 0 aliphatic rings. The lowest BCUT2D eigenvalue weighted by molar-refractivity contribution is -0.144. The van der Waals surface area contributed by atoms with E-state index in [1.165, 1.54) is 38.1 Å². The summed E-state index contributed by atoms with van der Waals surface area (Å²) >= 11 is 0. The molecule has 0 bridgehead atoms. The van der Waals surface area contributed by atoms with Crippen LogP contribution in [0.4, 0.5) is 0 Å². The minimum Gasteiger partial charge on any atom is -0.508 e. The molecule has 0 fully saturated rings. The van der Waals surface area contributed by atoms with Gasteiger partial charge in [-0.1, -0.05) is 66.5 Å². The molecule has 0 radical (unpaired) electrons. The molecule has 30 N–H and O–H groups in total. The minimum atomic E-state index is -2.18. The van der Waals surface area contributed by atoms with Gasteiger partial charge in [-0.15, -0.1) is 0 Å². The maximum Gasteiger partial charge on any atom is 0.328 e. The predicted molar refractivity (Wildman–Crippen MR) is 383 cm³/mol. The van der Waals surface area contributed by atoms with Crippen molar-refractivity contribution in [3.63, 3.8) is 0 Å². The molecule has 0 spiro atoms. The molecule has 46 heteroatoms. The lowest BCUT2D eigenvalue weighted by atomic mass is 9.96. The first kappa shape index (κ1) is 98.2. The second-order valence-electron chi connectivity index (χ2n) is 26.6. The summed E-state index contributed by atoms with van der Waals surface area (Å²) in [5, 5.41) is 110. The van der Waals surface area contributed by atoms with E-state index in [1.54, 1.807) is 27.7 Å². The highest BCUT2D eigenvalue weighted by atomic mass is 16.4. The second kappa shape index (κ2) is 48.7. The van der Waals surface area contributed by atoms with Crippen molar-refractivity contribution in [2.75, 3.05) is 26.3 Å². The van der Waals surface area contributed by atoms with Gasteiger partial charge in [-0.05, 0) is 62.1 Å². The molecular formula is C66H104N18O28. The second-order valence-corrected chi connectivity index (χ2v) is 26.6. The van der Waals surface area contributed by atoms with E-state index >= 15 is 0 Å². The molecule has 0 aliphatic carbocycles. The quantitative estimate of drug-likeness (QED) is 0.0288. The van der Waals surface area contributed by atoms with Crippen LogP contribution in [-0.4, -0.2) is 276 Å². The zero-order chi connectivity index (χ0) is 85.7. The Kier molecular flexibility index (Phi) is 42.7. The van der Waals surface area contributed by atoms with E-state index in [0.29, 0.717) is 0 Å². The number of nitrogens with one attached hydrogen (secondary N) is 14. The number of aliphatic hydroxyl groups excluding tert-OH is 4. The van der Waals surface area contributed by atoms with Gasteiger partial charge < -0.3 is 138 Å². The lowest BCUT2D eigenvalue weighted by Crippen LogP contribution is -2.62. The third kappa shape index (κ3) is 35.7. The van der Waals surface area contributed by atoms with Crippen LogP contribution in [0.3, 0.4) is 0 Å². The highest BCUT2D eigenvalue weighted by Crippen LogP contribution is 2.16. The summed E-state index contributed by atoms with van der Waals surface area (Å²) in [5.41, 5.74) is 21.5. The number of carbonyl (C=O) groups is 20. The Hall–Kier alpha value is -11.8. The number of aromatic hydroxyl groups is 1. The van der Waals surface area contributed by atoms with Crippen molar-refractivity contribution in [2.24, 2.45) is 40.7 Å². The molecule has 17 amide bonds. The van der Waals surface area contributed by atoms with Gasteiger partial charge in [0, 0.05) is 12.8 Å². The topological polar surface area (TPSA) is 776 Å². The number of hydrogen-bond donors (Lipinski definition) is 26. The molecule has 626 valence electrons. The molecule has 0 unspecified atom stereocenters. The Balaban J connectivity index is 3.49. The van der Waals surface area contributed by atoms with Crippen molar-refractivity contribution in [1.29, 1.82) is 0 Å². The number of hydrogen-bond acceptors (Lipinski definition) is 26. The monoisotopic (exact) mass is 1600 g/mol. The Morgan fingerprint density at radius 1 is 0.384 bits per heavy atom. The fourth-order valence-electron chi connectivity index (χ4n) is 10.1. The number of phenolic OH excluding ortho intramolecular Hbond substituents is 1. The molecule has 112 heavy (non-hydrogen) atoms. The zero-order valence-corrected chi connectivity index (χ0v) is 62.7. The molecule has 1 rings (SSSR count). The average molecular weight is 1600 g/mol. The third-order valence-corrected chi connectivity index (χ3v) is 16.7. The van der Waals surface area contributed by atoms with E-state index in [2.05, 4.69) is 37.2 Å². The number of carboxylic acids is 3. The van der Waals surface area contributed by atoms with Crippen LogP contribution in [0.5, 0.6) is 5.75 Å². The Morgan fingerprint density at radius 3 is 1.16 bits per heavy atom. The van der Waals surface area contributed by atoms with Gasteiger partial charge >= 0.3 is 17.9 Å². The van der Waals surface area contributed by atoms with E-state index in [4.69, 9.17) is 22.9 Å². The number of phenols is 1. The Labute approximate surface area is 640 Å². The summed E-state index contributed by atoms with van der Waals surface area (Å²) in [6.45, 7) is 7.09. The van der Waals surface area contributed by atoms with Crippen LogP contribution in [0.2, 0.25) is 0 Å². The van der Waals surface area contributed by atoms with Crippen molar-refractivity contribution >= 4 is 118 Å². The first-order valence-corrected chi connectivity index (χ1v) is 35.0. The number of rotatable bonds is 52. The fraction of sp³-hybridized carbons (Fsp3) is 0.606. The van der Waals surface area contributed by atoms with Crippen molar-refractivity contribution < 1.29 is 137 Å². The highest BCUT2D eigenvalue weighted by molar-refractivity contribution is 6.01. The van der Waals surface area contributed by atoms with Crippen LogP contribution in [0.25, 0.3) is 0 Å². The maximum atomic E-state index is 14.3. The van der Waals surface area contributed by atoms with Gasteiger partial charge in [-0.25, -0.2) is 4.79 Å². The summed E-state index contributed by atoms with van der Waals surface area (Å²) in [5.74, 6) is -27.5. The molecule has 1 aromatic carbocycles. The molecular weight excluding hydrogens is 1490 g/mol. The number of amides is 17. The molecule has 0 aliphatic heterocycles.